The van der Waals surface area contributed by atoms with Crippen molar-refractivity contribution in [3.8, 4) is 22.8 Å². The Hall–Kier alpha value is -4.73. The fraction of sp³-hybridized carbons (Fsp3) is 0.125. The molecule has 1 saturated heterocycles. The zero-order chi connectivity index (χ0) is 23.8. The first-order valence-electron chi connectivity index (χ1n) is 10.5. The van der Waals surface area contributed by atoms with E-state index in [1.807, 2.05) is 54.6 Å². The molecule has 34 heavy (non-hydrogen) atoms. The minimum atomic E-state index is -0.424. The van der Waals surface area contributed by atoms with Crippen molar-refractivity contribution in [1.29, 1.82) is 0 Å². The number of imide groups is 1. The number of ether oxygens (including phenoxy) is 1. The van der Waals surface area contributed by atoms with E-state index >= 15 is 0 Å². The van der Waals surface area contributed by atoms with Crippen LogP contribution in [0.5, 0.6) is 11.5 Å². The van der Waals surface area contributed by atoms with Gasteiger partial charge in [0.2, 0.25) is 0 Å². The van der Waals surface area contributed by atoms with E-state index in [4.69, 9.17) is 15.6 Å². The number of anilines is 1. The summed E-state index contributed by atoms with van der Waals surface area (Å²) in [6.45, 7) is 4.01. The summed E-state index contributed by atoms with van der Waals surface area (Å²) < 4.78 is 7.49. The van der Waals surface area contributed by atoms with Gasteiger partial charge in [0.1, 0.15) is 35.0 Å². The van der Waals surface area contributed by atoms with Gasteiger partial charge in [-0.3, -0.25) is 14.6 Å². The van der Waals surface area contributed by atoms with Gasteiger partial charge in [0.25, 0.3) is 5.91 Å². The number of nitrogen functional groups attached to an aromatic ring is 1. The standard InChI is InChI=1S/C24H21N7O3/c1-15-23(32)30(24(33)29(15)2)12-13-31-22-19(21(25)26-14-27-22)20(28-31)16-8-10-18(11-9-16)34-17-6-4-3-5-7-17/h3-11,14H,1,12-13H2,2H3,(H2,25,26,27). The number of nitrogens with two attached hydrogens (primary N) is 1. The average molecular weight is 455 g/mol. The monoisotopic (exact) mass is 455 g/mol. The molecule has 3 heterocycles. The van der Waals surface area contributed by atoms with E-state index in [1.54, 1.807) is 4.68 Å². The van der Waals surface area contributed by atoms with Crippen LogP contribution in [0, 0.1) is 0 Å². The van der Waals surface area contributed by atoms with Crippen LogP contribution in [0.3, 0.4) is 0 Å². The molecule has 10 heteroatoms. The van der Waals surface area contributed by atoms with Crippen LogP contribution < -0.4 is 10.5 Å². The third-order valence-electron chi connectivity index (χ3n) is 5.62. The lowest BCUT2D eigenvalue weighted by Gasteiger charge is -2.13. The first-order valence-corrected chi connectivity index (χ1v) is 10.5. The highest BCUT2D eigenvalue weighted by atomic mass is 16.5. The Bertz CT molecular complexity index is 1410. The lowest BCUT2D eigenvalue weighted by Crippen LogP contribution is -2.34. The lowest BCUT2D eigenvalue weighted by molar-refractivity contribution is -0.123. The van der Waals surface area contributed by atoms with Crippen LogP contribution in [0.4, 0.5) is 10.6 Å². The third-order valence-corrected chi connectivity index (χ3v) is 5.62. The van der Waals surface area contributed by atoms with Gasteiger partial charge in [-0.25, -0.2) is 19.4 Å². The van der Waals surface area contributed by atoms with Gasteiger partial charge in [-0.1, -0.05) is 24.8 Å². The fourth-order valence-electron chi connectivity index (χ4n) is 3.77. The molecule has 170 valence electrons. The van der Waals surface area contributed by atoms with Crippen LogP contribution >= 0.6 is 0 Å². The van der Waals surface area contributed by atoms with Gasteiger partial charge in [0.15, 0.2) is 5.65 Å². The van der Waals surface area contributed by atoms with Gasteiger partial charge in [-0.15, -0.1) is 0 Å². The van der Waals surface area contributed by atoms with Gasteiger partial charge in [0.05, 0.1) is 18.5 Å². The number of benzene rings is 2. The van der Waals surface area contributed by atoms with Crippen LogP contribution in [0.15, 0.2) is 73.2 Å². The number of amides is 3. The van der Waals surface area contributed by atoms with Crippen molar-refractivity contribution in [2.24, 2.45) is 0 Å². The zero-order valence-electron chi connectivity index (χ0n) is 18.4. The first-order chi connectivity index (χ1) is 16.4. The minimum absolute atomic E-state index is 0.116. The van der Waals surface area contributed by atoms with E-state index in [2.05, 4.69) is 16.5 Å². The molecule has 2 aromatic heterocycles. The Kier molecular flexibility index (Phi) is 5.17. The number of para-hydroxylation sites is 1. The van der Waals surface area contributed by atoms with Gasteiger partial charge in [-0.2, -0.15) is 5.10 Å². The SMILES string of the molecule is C=C1C(=O)N(CCn2nc(-c3ccc(Oc4ccccc4)cc3)c3c(N)ncnc32)C(=O)N1C. The van der Waals surface area contributed by atoms with Crippen molar-refractivity contribution in [3.63, 3.8) is 0 Å². The molecular weight excluding hydrogens is 434 g/mol. The number of likely N-dealkylation sites (N-methyl/N-ethyl adjacent to an activating group) is 1. The highest BCUT2D eigenvalue weighted by Crippen LogP contribution is 2.32. The molecule has 0 bridgehead atoms. The molecule has 4 aromatic rings. The van der Waals surface area contributed by atoms with Crippen LogP contribution in [-0.4, -0.2) is 55.1 Å². The van der Waals surface area contributed by atoms with E-state index < -0.39 is 11.9 Å². The molecule has 3 amide bonds. The van der Waals surface area contributed by atoms with Crippen LogP contribution in [0.1, 0.15) is 0 Å². The summed E-state index contributed by atoms with van der Waals surface area (Å²) in [6, 6.07) is 16.5. The van der Waals surface area contributed by atoms with Crippen molar-refractivity contribution in [1.82, 2.24) is 29.5 Å². The van der Waals surface area contributed by atoms with E-state index in [-0.39, 0.29) is 24.6 Å². The molecule has 1 aliphatic heterocycles. The average Bonchev–Trinajstić information content (AvgIpc) is 3.31. The highest BCUT2D eigenvalue weighted by molar-refractivity contribution is 6.11. The molecule has 10 nitrogen and oxygen atoms in total. The summed E-state index contributed by atoms with van der Waals surface area (Å²) in [6.07, 6.45) is 1.36. The van der Waals surface area contributed by atoms with E-state index in [0.717, 1.165) is 16.2 Å². The van der Waals surface area contributed by atoms with Crippen molar-refractivity contribution in [3.05, 3.63) is 73.2 Å². The summed E-state index contributed by atoms with van der Waals surface area (Å²) in [5.41, 5.74) is 8.22. The Labute approximate surface area is 194 Å². The Morgan fingerprint density at radius 3 is 2.35 bits per heavy atom. The second-order valence-corrected chi connectivity index (χ2v) is 7.71. The fourth-order valence-corrected chi connectivity index (χ4v) is 3.77. The van der Waals surface area contributed by atoms with Crippen molar-refractivity contribution in [2.45, 2.75) is 6.54 Å². The summed E-state index contributed by atoms with van der Waals surface area (Å²) in [4.78, 5) is 35.5. The second-order valence-electron chi connectivity index (χ2n) is 7.71. The molecule has 0 radical (unpaired) electrons. The predicted octanol–water partition coefficient (Wildman–Crippen LogP) is 3.28. The molecule has 0 atom stereocenters. The van der Waals surface area contributed by atoms with Crippen LogP contribution in [-0.2, 0) is 11.3 Å². The topological polar surface area (TPSA) is 119 Å². The smallest absolute Gasteiger partial charge is 0.331 e. The number of hydrogen-bond donors (Lipinski definition) is 1. The predicted molar refractivity (Wildman–Crippen MR) is 126 cm³/mol. The molecule has 1 fully saturated rings. The Morgan fingerprint density at radius 1 is 0.971 bits per heavy atom. The number of nitrogens with zero attached hydrogens (tertiary/aromatic N) is 6. The molecular formula is C24H21N7O3. The molecule has 0 spiro atoms. The number of hydrogen-bond acceptors (Lipinski definition) is 7. The summed E-state index contributed by atoms with van der Waals surface area (Å²) in [5.74, 6) is 1.28. The quantitative estimate of drug-likeness (QED) is 0.350. The first kappa shape index (κ1) is 21.1. The summed E-state index contributed by atoms with van der Waals surface area (Å²) in [7, 11) is 1.52. The van der Waals surface area contributed by atoms with Gasteiger partial charge in [-0.05, 0) is 36.4 Å². The van der Waals surface area contributed by atoms with E-state index in [1.165, 1.54) is 18.3 Å². The molecule has 0 saturated carbocycles. The summed E-state index contributed by atoms with van der Waals surface area (Å²) in [5, 5.41) is 5.29. The van der Waals surface area contributed by atoms with E-state index in [0.29, 0.717) is 22.5 Å². The normalized spacial score (nSPS) is 13.9. The van der Waals surface area contributed by atoms with E-state index in [9.17, 15) is 9.59 Å². The molecule has 2 N–H and O–H groups in total. The molecule has 5 rings (SSSR count). The maximum Gasteiger partial charge on any atom is 0.331 e. The van der Waals surface area contributed by atoms with Crippen LogP contribution in [0.25, 0.3) is 22.3 Å². The largest absolute Gasteiger partial charge is 0.457 e. The lowest BCUT2D eigenvalue weighted by atomic mass is 10.1. The van der Waals surface area contributed by atoms with Gasteiger partial charge in [0, 0.05) is 12.6 Å². The number of aromatic nitrogens is 4. The van der Waals surface area contributed by atoms with Crippen molar-refractivity contribution in [2.75, 3.05) is 19.3 Å². The number of carbonyl (C=O) groups is 2. The van der Waals surface area contributed by atoms with Gasteiger partial charge < -0.3 is 10.5 Å². The van der Waals surface area contributed by atoms with Crippen molar-refractivity contribution < 1.29 is 14.3 Å². The number of urea groups is 1. The second kappa shape index (κ2) is 8.32. The summed E-state index contributed by atoms with van der Waals surface area (Å²) >= 11 is 0. The van der Waals surface area contributed by atoms with Crippen molar-refractivity contribution >= 4 is 28.8 Å². The third kappa shape index (κ3) is 3.60. The number of carbonyl (C=O) groups excluding carboxylic acids is 2. The number of rotatable bonds is 6. The Morgan fingerprint density at radius 2 is 1.68 bits per heavy atom. The van der Waals surface area contributed by atoms with Crippen LogP contribution in [0.2, 0.25) is 0 Å². The number of fused-ring (bicyclic) bond motifs is 1. The maximum atomic E-state index is 12.3. The molecule has 1 aliphatic rings. The maximum absolute atomic E-state index is 12.3. The molecule has 0 aliphatic carbocycles. The van der Waals surface area contributed by atoms with Gasteiger partial charge >= 0.3 is 6.03 Å². The highest BCUT2D eigenvalue weighted by Gasteiger charge is 2.37. The Balaban J connectivity index is 1.44. The molecule has 2 aromatic carbocycles. The minimum Gasteiger partial charge on any atom is -0.457 e. The zero-order valence-corrected chi connectivity index (χ0v) is 18.4. The molecule has 0 unspecified atom stereocenters.